The molecule has 1 fully saturated rings. The minimum atomic E-state index is -1.66. The number of thioether (sulfide) groups is 3. The summed E-state index contributed by atoms with van der Waals surface area (Å²) in [4.78, 5) is 42.0. The summed E-state index contributed by atoms with van der Waals surface area (Å²) in [5.41, 5.74) is 0.648. The second-order valence-electron chi connectivity index (χ2n) is 9.41. The van der Waals surface area contributed by atoms with Gasteiger partial charge in [0.05, 0.1) is 17.6 Å². The van der Waals surface area contributed by atoms with E-state index in [-0.39, 0.29) is 17.2 Å². The van der Waals surface area contributed by atoms with Crippen molar-refractivity contribution < 1.29 is 23.9 Å². The highest BCUT2D eigenvalue weighted by Gasteiger charge is 2.66. The van der Waals surface area contributed by atoms with Crippen LogP contribution < -0.4 is 5.32 Å². The molecule has 2 aromatic carbocycles. The Morgan fingerprint density at radius 2 is 1.86 bits per heavy atom. The molecule has 2 amide bonds. The fourth-order valence-corrected chi connectivity index (χ4v) is 7.60. The molecule has 1 N–H and O–H groups in total. The molecule has 0 unspecified atom stereocenters. The van der Waals surface area contributed by atoms with Crippen LogP contribution in [0, 0.1) is 11.3 Å². The molecule has 2 aliphatic rings. The molecule has 0 aliphatic carbocycles. The number of nitrogens with one attached hydrogen (secondary N) is 1. The van der Waals surface area contributed by atoms with Crippen LogP contribution in [-0.4, -0.2) is 84.1 Å². The number of β-lactam (4-membered cyclic amide) rings is 1. The molecule has 12 nitrogen and oxygen atoms in total. The third kappa shape index (κ3) is 6.28. The predicted octanol–water partition coefficient (Wildman–Crippen LogP) is 2.52. The third-order valence-electron chi connectivity index (χ3n) is 6.74. The Balaban J connectivity index is 1.47. The average molecular weight is 638 g/mol. The first kappa shape index (κ1) is 30.6. The van der Waals surface area contributed by atoms with Crippen LogP contribution in [0.5, 0.6) is 0 Å². The number of amides is 2. The summed E-state index contributed by atoms with van der Waals surface area (Å²) >= 11 is 3.83. The topological polar surface area (TPSA) is 152 Å². The Bertz CT molecular complexity index is 1520. The molecule has 5 rings (SSSR count). The number of tetrazole rings is 1. The maximum absolute atomic E-state index is 14.1. The van der Waals surface area contributed by atoms with E-state index in [2.05, 4.69) is 20.8 Å². The lowest BCUT2D eigenvalue weighted by atomic mass is 9.98. The van der Waals surface area contributed by atoms with Crippen molar-refractivity contribution in [2.24, 2.45) is 7.05 Å². The highest BCUT2D eigenvalue weighted by Crippen LogP contribution is 2.48. The number of hydrogen-bond donors (Lipinski definition) is 1. The number of ether oxygens (including phenoxy) is 2. The first-order valence-corrected chi connectivity index (χ1v) is 16.2. The van der Waals surface area contributed by atoms with E-state index in [1.165, 1.54) is 40.2 Å². The molecule has 0 saturated carbocycles. The largest absolute Gasteiger partial charge is 0.448 e. The minimum absolute atomic E-state index is 0.0163. The summed E-state index contributed by atoms with van der Waals surface area (Å²) in [6, 6.07) is 20.7. The van der Waals surface area contributed by atoms with Crippen molar-refractivity contribution in [1.82, 2.24) is 30.4 Å². The number of hydrogen-bond acceptors (Lipinski definition) is 12. The molecule has 3 heterocycles. The van der Waals surface area contributed by atoms with Gasteiger partial charge in [-0.25, -0.2) is 9.48 Å². The van der Waals surface area contributed by atoms with Gasteiger partial charge in [-0.1, -0.05) is 72.4 Å². The molecule has 0 spiro atoms. The van der Waals surface area contributed by atoms with Crippen molar-refractivity contribution >= 4 is 53.1 Å². The summed E-state index contributed by atoms with van der Waals surface area (Å²) in [6.07, 6.45) is -0.729. The molecule has 43 heavy (non-hydrogen) atoms. The number of esters is 1. The van der Waals surface area contributed by atoms with Crippen molar-refractivity contribution in [3.63, 3.8) is 0 Å². The summed E-state index contributed by atoms with van der Waals surface area (Å²) < 4.78 is 13.3. The highest BCUT2D eigenvalue weighted by atomic mass is 32.2. The Hall–Kier alpha value is -3.84. The van der Waals surface area contributed by atoms with Crippen LogP contribution in [0.25, 0.3) is 0 Å². The zero-order valence-electron chi connectivity index (χ0n) is 23.2. The van der Waals surface area contributed by atoms with Crippen LogP contribution in [0.3, 0.4) is 0 Å². The van der Waals surface area contributed by atoms with Gasteiger partial charge in [0.2, 0.25) is 11.1 Å². The van der Waals surface area contributed by atoms with Crippen LogP contribution >= 0.6 is 35.3 Å². The number of aromatic nitrogens is 4. The molecule has 15 heteroatoms. The lowest BCUT2D eigenvalue weighted by molar-refractivity contribution is -0.192. The number of benzene rings is 2. The van der Waals surface area contributed by atoms with Crippen LogP contribution in [-0.2, 0) is 30.9 Å². The Morgan fingerprint density at radius 1 is 1.19 bits per heavy atom. The van der Waals surface area contributed by atoms with Gasteiger partial charge in [-0.05, 0) is 27.1 Å². The van der Waals surface area contributed by atoms with Gasteiger partial charge in [-0.3, -0.25) is 14.5 Å². The number of carbonyl (C=O) groups is 3. The predicted molar refractivity (Wildman–Crippen MR) is 161 cm³/mol. The van der Waals surface area contributed by atoms with E-state index in [9.17, 15) is 14.4 Å². The van der Waals surface area contributed by atoms with Crippen molar-refractivity contribution in [2.45, 2.75) is 22.4 Å². The van der Waals surface area contributed by atoms with Gasteiger partial charge in [0.25, 0.3) is 11.6 Å². The number of nitrogens with zero attached hydrogens (tertiary/aromatic N) is 6. The van der Waals surface area contributed by atoms with Crippen LogP contribution in [0.15, 0.2) is 77.1 Å². The van der Waals surface area contributed by atoms with Gasteiger partial charge < -0.3 is 14.8 Å². The molecule has 1 aromatic heterocycles. The summed E-state index contributed by atoms with van der Waals surface area (Å²) in [7, 11) is 3.05. The first-order valence-electron chi connectivity index (χ1n) is 13.0. The zero-order chi connectivity index (χ0) is 30.4. The SMILES string of the molecule is CO[C@]1(NC(=O)CSCC#N)C(=O)N2C(C(=O)OC(c3ccccc3)c3ccccc3)=C(CSc3nnnn3C)CS[C@@H]21. The average Bonchev–Trinajstić information content (AvgIpc) is 3.45. The molecule has 222 valence electrons. The molecular weight excluding hydrogens is 611 g/mol. The zero-order valence-corrected chi connectivity index (χ0v) is 25.7. The highest BCUT2D eigenvalue weighted by molar-refractivity contribution is 8.01. The molecule has 3 aromatic rings. The van der Waals surface area contributed by atoms with Gasteiger partial charge >= 0.3 is 5.97 Å². The Kier molecular flexibility index (Phi) is 9.71. The number of carbonyl (C=O) groups excluding carboxylic acids is 3. The van der Waals surface area contributed by atoms with Crippen molar-refractivity contribution in [2.75, 3.05) is 30.1 Å². The second-order valence-corrected chi connectivity index (χ2v) is 12.4. The van der Waals surface area contributed by atoms with E-state index in [1.54, 1.807) is 7.05 Å². The molecule has 2 aliphatic heterocycles. The van der Waals surface area contributed by atoms with E-state index < -0.39 is 35.0 Å². The normalized spacial score (nSPS) is 19.4. The maximum Gasteiger partial charge on any atom is 0.356 e. The number of rotatable bonds is 12. The van der Waals surface area contributed by atoms with Crippen LogP contribution in [0.2, 0.25) is 0 Å². The summed E-state index contributed by atoms with van der Waals surface area (Å²) in [5.74, 6) is -0.912. The Labute approximate surface area is 260 Å². The van der Waals surface area contributed by atoms with Gasteiger partial charge in [0.15, 0.2) is 6.10 Å². The summed E-state index contributed by atoms with van der Waals surface area (Å²) in [6.45, 7) is 0. The van der Waals surface area contributed by atoms with Gasteiger partial charge in [-0.2, -0.15) is 5.26 Å². The van der Waals surface area contributed by atoms with E-state index in [1.807, 2.05) is 66.7 Å². The summed E-state index contributed by atoms with van der Waals surface area (Å²) in [5, 5.41) is 22.9. The van der Waals surface area contributed by atoms with E-state index in [0.717, 1.165) is 22.9 Å². The molecule has 1 saturated heterocycles. The fourth-order valence-electron chi connectivity index (χ4n) is 4.72. The van der Waals surface area contributed by atoms with Crippen LogP contribution in [0.1, 0.15) is 17.2 Å². The monoisotopic (exact) mass is 637 g/mol. The molecule has 2 atom stereocenters. The lowest BCUT2D eigenvalue weighted by Gasteiger charge is -2.56. The van der Waals surface area contributed by atoms with Gasteiger partial charge in [-0.15, -0.1) is 28.6 Å². The second kappa shape index (κ2) is 13.6. The maximum atomic E-state index is 14.1. The van der Waals surface area contributed by atoms with Crippen molar-refractivity contribution in [3.05, 3.63) is 83.1 Å². The smallest absolute Gasteiger partial charge is 0.356 e. The van der Waals surface area contributed by atoms with E-state index >= 15 is 0 Å². The molecule has 0 radical (unpaired) electrons. The number of nitriles is 1. The lowest BCUT2D eigenvalue weighted by Crippen LogP contribution is -2.80. The fraction of sp³-hybridized carbons (Fsp3) is 0.321. The van der Waals surface area contributed by atoms with Crippen LogP contribution in [0.4, 0.5) is 0 Å². The number of methoxy groups -OCH3 is 1. The molecular formula is C28H27N7O5S3. The van der Waals surface area contributed by atoms with Crippen molar-refractivity contribution in [1.29, 1.82) is 5.26 Å². The van der Waals surface area contributed by atoms with E-state index in [0.29, 0.717) is 22.2 Å². The van der Waals surface area contributed by atoms with Crippen molar-refractivity contribution in [3.8, 4) is 6.07 Å². The standard InChI is InChI=1S/C28H27N7O5S3/c1-34-27(31-32-33-34)43-16-20-15-42-26-28(39-2,30-21(36)17-41-14-13-29)25(38)35(26)22(20)24(37)40-23(18-9-5-3-6-10-18)19-11-7-4-8-12-19/h3-12,23,26H,14-17H2,1-2H3,(H,30,36)/t26-,28-/m1/s1. The minimum Gasteiger partial charge on any atom is -0.448 e. The molecule has 0 bridgehead atoms. The number of aryl methyl sites for hydroxylation is 1. The first-order chi connectivity index (χ1) is 20.9. The van der Waals surface area contributed by atoms with E-state index in [4.69, 9.17) is 14.7 Å². The van der Waals surface area contributed by atoms with Gasteiger partial charge in [0.1, 0.15) is 11.1 Å². The number of fused-ring (bicyclic) bond motifs is 1. The third-order valence-corrected chi connectivity index (χ3v) is 10.0. The quantitative estimate of drug-likeness (QED) is 0.102. The van der Waals surface area contributed by atoms with Gasteiger partial charge in [0, 0.05) is 25.7 Å². The Morgan fingerprint density at radius 3 is 2.44 bits per heavy atom.